The van der Waals surface area contributed by atoms with Crippen LogP contribution < -0.4 is 5.32 Å². The molecule has 1 N–H and O–H groups in total. The zero-order valence-electron chi connectivity index (χ0n) is 14.7. The van der Waals surface area contributed by atoms with Gasteiger partial charge in [-0.1, -0.05) is 54.6 Å². The van der Waals surface area contributed by atoms with E-state index in [0.717, 1.165) is 38.9 Å². The highest BCUT2D eigenvalue weighted by Crippen LogP contribution is 2.29. The summed E-state index contributed by atoms with van der Waals surface area (Å²) < 4.78 is 5.79. The minimum Gasteiger partial charge on any atom is -0.451 e. The normalized spacial score (nSPS) is 10.8. The van der Waals surface area contributed by atoms with E-state index in [0.29, 0.717) is 5.76 Å². The molecule has 1 aromatic heterocycles. The van der Waals surface area contributed by atoms with Gasteiger partial charge < -0.3 is 9.73 Å². The molecule has 4 aromatic rings. The lowest BCUT2D eigenvalue weighted by atomic mass is 10.1. The van der Waals surface area contributed by atoms with E-state index in [4.69, 9.17) is 4.42 Å². The van der Waals surface area contributed by atoms with Gasteiger partial charge in [0.25, 0.3) is 5.91 Å². The fourth-order valence-corrected chi connectivity index (χ4v) is 3.29. The van der Waals surface area contributed by atoms with Crippen LogP contribution in [0, 0.1) is 13.8 Å². The maximum atomic E-state index is 12.7. The Hall–Kier alpha value is -3.33. The number of benzene rings is 3. The van der Waals surface area contributed by atoms with Gasteiger partial charge >= 0.3 is 0 Å². The second-order valence-corrected chi connectivity index (χ2v) is 6.40. The first kappa shape index (κ1) is 16.2. The van der Waals surface area contributed by atoms with Crippen LogP contribution in [-0.2, 0) is 0 Å². The number of hydrogen-bond acceptors (Lipinski definition) is 2. The first-order valence-corrected chi connectivity index (χ1v) is 8.59. The highest BCUT2D eigenvalue weighted by molar-refractivity contribution is 6.06. The van der Waals surface area contributed by atoms with Crippen LogP contribution in [0.4, 0.5) is 5.69 Å². The third kappa shape index (κ3) is 2.88. The molecule has 0 unspecified atom stereocenters. The standard InChI is InChI=1S/C23H19NO2/c1-15-7-6-10-20-21(15)16(2)22(26-20)23(25)24-19-13-11-18(12-14-19)17-8-4-3-5-9-17/h3-14H,1-2H3,(H,24,25). The van der Waals surface area contributed by atoms with Crippen molar-refractivity contribution in [2.75, 3.05) is 5.32 Å². The summed E-state index contributed by atoms with van der Waals surface area (Å²) in [7, 11) is 0. The van der Waals surface area contributed by atoms with E-state index in [1.54, 1.807) is 0 Å². The van der Waals surface area contributed by atoms with Crippen LogP contribution in [0.25, 0.3) is 22.1 Å². The van der Waals surface area contributed by atoms with Crippen LogP contribution in [0.3, 0.4) is 0 Å². The summed E-state index contributed by atoms with van der Waals surface area (Å²) in [6.07, 6.45) is 0. The highest BCUT2D eigenvalue weighted by Gasteiger charge is 2.18. The Bertz CT molecular complexity index is 1080. The number of rotatable bonds is 3. The summed E-state index contributed by atoms with van der Waals surface area (Å²) in [5, 5.41) is 3.94. The van der Waals surface area contributed by atoms with E-state index in [9.17, 15) is 4.79 Å². The van der Waals surface area contributed by atoms with Gasteiger partial charge in [0.15, 0.2) is 5.76 Å². The van der Waals surface area contributed by atoms with Crippen LogP contribution in [0.1, 0.15) is 21.7 Å². The predicted molar refractivity (Wildman–Crippen MR) is 106 cm³/mol. The zero-order chi connectivity index (χ0) is 18.1. The molecule has 0 saturated heterocycles. The molecule has 0 spiro atoms. The topological polar surface area (TPSA) is 42.2 Å². The lowest BCUT2D eigenvalue weighted by molar-refractivity contribution is 0.0998. The maximum absolute atomic E-state index is 12.7. The van der Waals surface area contributed by atoms with Gasteiger partial charge in [0, 0.05) is 16.6 Å². The average molecular weight is 341 g/mol. The number of hydrogen-bond donors (Lipinski definition) is 1. The molecule has 3 aromatic carbocycles. The van der Waals surface area contributed by atoms with Gasteiger partial charge in [-0.2, -0.15) is 0 Å². The van der Waals surface area contributed by atoms with Gasteiger partial charge in [-0.15, -0.1) is 0 Å². The van der Waals surface area contributed by atoms with Crippen LogP contribution in [0.5, 0.6) is 0 Å². The quantitative estimate of drug-likeness (QED) is 0.499. The number of fused-ring (bicyclic) bond motifs is 1. The average Bonchev–Trinajstić information content (AvgIpc) is 3.01. The Kier molecular flexibility index (Phi) is 4.05. The molecule has 0 aliphatic heterocycles. The van der Waals surface area contributed by atoms with E-state index in [2.05, 4.69) is 17.4 Å². The highest BCUT2D eigenvalue weighted by atomic mass is 16.3. The maximum Gasteiger partial charge on any atom is 0.291 e. The summed E-state index contributed by atoms with van der Waals surface area (Å²) in [6.45, 7) is 3.95. The van der Waals surface area contributed by atoms with E-state index in [1.807, 2.05) is 74.5 Å². The SMILES string of the molecule is Cc1cccc2oc(C(=O)Nc3ccc(-c4ccccc4)cc3)c(C)c12. The molecule has 26 heavy (non-hydrogen) atoms. The summed E-state index contributed by atoms with van der Waals surface area (Å²) in [6, 6.07) is 23.8. The van der Waals surface area contributed by atoms with Crippen molar-refractivity contribution in [2.24, 2.45) is 0 Å². The number of furan rings is 1. The minimum atomic E-state index is -0.231. The van der Waals surface area contributed by atoms with Crippen molar-refractivity contribution in [2.45, 2.75) is 13.8 Å². The molecule has 3 heteroatoms. The minimum absolute atomic E-state index is 0.231. The molecule has 0 saturated carbocycles. The number of aryl methyl sites for hydroxylation is 2. The first-order chi connectivity index (χ1) is 12.6. The van der Waals surface area contributed by atoms with Crippen molar-refractivity contribution in [1.82, 2.24) is 0 Å². The Morgan fingerprint density at radius 2 is 1.50 bits per heavy atom. The monoisotopic (exact) mass is 341 g/mol. The molecule has 3 nitrogen and oxygen atoms in total. The van der Waals surface area contributed by atoms with Gasteiger partial charge in [-0.05, 0) is 48.7 Å². The number of amides is 1. The molecule has 4 rings (SSSR count). The van der Waals surface area contributed by atoms with Crippen LogP contribution >= 0.6 is 0 Å². The fraction of sp³-hybridized carbons (Fsp3) is 0.0870. The summed E-state index contributed by atoms with van der Waals surface area (Å²) in [5.41, 5.74) is 5.72. The van der Waals surface area contributed by atoms with E-state index in [1.165, 1.54) is 0 Å². The molecule has 0 bridgehead atoms. The Morgan fingerprint density at radius 1 is 0.808 bits per heavy atom. The Balaban J connectivity index is 1.59. The summed E-state index contributed by atoms with van der Waals surface area (Å²) in [4.78, 5) is 12.7. The number of carbonyl (C=O) groups is 1. The molecule has 0 aliphatic carbocycles. The molecule has 1 heterocycles. The van der Waals surface area contributed by atoms with Crippen LogP contribution in [0.2, 0.25) is 0 Å². The fourth-order valence-electron chi connectivity index (χ4n) is 3.29. The van der Waals surface area contributed by atoms with Crippen molar-refractivity contribution in [3.63, 3.8) is 0 Å². The van der Waals surface area contributed by atoms with E-state index >= 15 is 0 Å². The van der Waals surface area contributed by atoms with Crippen molar-refractivity contribution in [3.05, 3.63) is 89.7 Å². The van der Waals surface area contributed by atoms with Crippen molar-refractivity contribution in [1.29, 1.82) is 0 Å². The molecule has 128 valence electrons. The largest absolute Gasteiger partial charge is 0.451 e. The lowest BCUT2D eigenvalue weighted by Crippen LogP contribution is -2.12. The molecular formula is C23H19NO2. The smallest absolute Gasteiger partial charge is 0.291 e. The van der Waals surface area contributed by atoms with E-state index in [-0.39, 0.29) is 5.91 Å². The number of carbonyl (C=O) groups excluding carboxylic acids is 1. The predicted octanol–water partition coefficient (Wildman–Crippen LogP) is 5.97. The summed E-state index contributed by atoms with van der Waals surface area (Å²) >= 11 is 0. The van der Waals surface area contributed by atoms with Crippen LogP contribution in [-0.4, -0.2) is 5.91 Å². The first-order valence-electron chi connectivity index (χ1n) is 8.59. The number of nitrogens with one attached hydrogen (secondary N) is 1. The molecule has 0 radical (unpaired) electrons. The second-order valence-electron chi connectivity index (χ2n) is 6.40. The molecule has 0 fully saturated rings. The van der Waals surface area contributed by atoms with Crippen LogP contribution in [0.15, 0.2) is 77.2 Å². The van der Waals surface area contributed by atoms with Crippen molar-refractivity contribution in [3.8, 4) is 11.1 Å². The van der Waals surface area contributed by atoms with Crippen molar-refractivity contribution < 1.29 is 9.21 Å². The third-order valence-electron chi connectivity index (χ3n) is 4.62. The van der Waals surface area contributed by atoms with E-state index < -0.39 is 0 Å². The molecule has 0 atom stereocenters. The van der Waals surface area contributed by atoms with Gasteiger partial charge in [0.05, 0.1) is 0 Å². The second kappa shape index (κ2) is 6.52. The van der Waals surface area contributed by atoms with Crippen molar-refractivity contribution >= 4 is 22.6 Å². The lowest BCUT2D eigenvalue weighted by Gasteiger charge is -2.06. The van der Waals surface area contributed by atoms with Gasteiger partial charge in [-0.3, -0.25) is 4.79 Å². The van der Waals surface area contributed by atoms with Gasteiger partial charge in [0.2, 0.25) is 0 Å². The summed E-state index contributed by atoms with van der Waals surface area (Å²) in [5.74, 6) is 0.131. The third-order valence-corrected chi connectivity index (χ3v) is 4.62. The Labute approximate surface area is 152 Å². The number of anilines is 1. The van der Waals surface area contributed by atoms with Gasteiger partial charge in [-0.25, -0.2) is 0 Å². The zero-order valence-corrected chi connectivity index (χ0v) is 14.7. The molecule has 0 aliphatic rings. The van der Waals surface area contributed by atoms with Gasteiger partial charge in [0.1, 0.15) is 5.58 Å². The molecule has 1 amide bonds. The Morgan fingerprint density at radius 3 is 2.19 bits per heavy atom. The molecular weight excluding hydrogens is 322 g/mol.